The Morgan fingerprint density at radius 2 is 2.14 bits per heavy atom. The minimum atomic E-state index is 0.861. The second kappa shape index (κ2) is 5.87. The first-order valence-corrected chi connectivity index (χ1v) is 5.48. The zero-order valence-corrected chi connectivity index (χ0v) is 9.48. The van der Waals surface area contributed by atoms with E-state index >= 15 is 0 Å². The van der Waals surface area contributed by atoms with Crippen molar-refractivity contribution in [3.63, 3.8) is 0 Å². The first kappa shape index (κ1) is 11.3. The molecule has 76 valence electrons. The maximum Gasteiger partial charge on any atom is 0.0435 e. The lowest BCUT2D eigenvalue weighted by Gasteiger charge is -2.03. The van der Waals surface area contributed by atoms with E-state index in [-0.39, 0.29) is 0 Å². The smallest absolute Gasteiger partial charge is 0.0435 e. The van der Waals surface area contributed by atoms with Gasteiger partial charge in [0.1, 0.15) is 0 Å². The van der Waals surface area contributed by atoms with Crippen LogP contribution in [0, 0.1) is 6.92 Å². The lowest BCUT2D eigenvalue weighted by atomic mass is 10.1. The van der Waals surface area contributed by atoms with Crippen molar-refractivity contribution in [1.82, 2.24) is 0 Å². The predicted octanol–water partition coefficient (Wildman–Crippen LogP) is 4.55. The molecule has 14 heavy (non-hydrogen) atoms. The van der Waals surface area contributed by atoms with E-state index in [0.717, 1.165) is 17.9 Å². The van der Waals surface area contributed by atoms with Gasteiger partial charge in [0.15, 0.2) is 0 Å². The molecule has 0 aliphatic rings. The molecule has 0 aliphatic carbocycles. The van der Waals surface area contributed by atoms with Crippen molar-refractivity contribution in [2.75, 3.05) is 0 Å². The summed E-state index contributed by atoms with van der Waals surface area (Å²) in [7, 11) is 0. The highest BCUT2D eigenvalue weighted by Crippen LogP contribution is 2.17. The molecule has 0 aliphatic heterocycles. The summed E-state index contributed by atoms with van der Waals surface area (Å²) in [6, 6.07) is 6.28. The van der Waals surface area contributed by atoms with Crippen LogP contribution in [0.1, 0.15) is 30.4 Å². The van der Waals surface area contributed by atoms with Crippen molar-refractivity contribution in [2.24, 2.45) is 0 Å². The van der Waals surface area contributed by atoms with Gasteiger partial charge in [0.2, 0.25) is 0 Å². The maximum absolute atomic E-state index is 5.95. The Morgan fingerprint density at radius 3 is 2.79 bits per heavy atom. The summed E-state index contributed by atoms with van der Waals surface area (Å²) < 4.78 is 0. The van der Waals surface area contributed by atoms with Crippen molar-refractivity contribution in [2.45, 2.75) is 32.6 Å². The molecule has 0 amide bonds. The molecule has 1 aromatic rings. The Bertz CT molecular complexity index is 302. The standard InChI is InChI=1S/C13H17Cl/c1-3-4-5-6-7-12-8-9-13(14)11(2)10-12/h3,8-10H,1,4-7H2,2H3. The fourth-order valence-corrected chi connectivity index (χ4v) is 1.60. The van der Waals surface area contributed by atoms with Gasteiger partial charge in [-0.2, -0.15) is 0 Å². The zero-order chi connectivity index (χ0) is 10.4. The van der Waals surface area contributed by atoms with E-state index in [1.165, 1.54) is 24.0 Å². The monoisotopic (exact) mass is 208 g/mol. The Kier molecular flexibility index (Phi) is 4.75. The molecule has 0 heterocycles. The minimum Gasteiger partial charge on any atom is -0.103 e. The Hall–Kier alpha value is -0.750. The molecule has 0 atom stereocenters. The van der Waals surface area contributed by atoms with Gasteiger partial charge in [-0.05, 0) is 49.8 Å². The fraction of sp³-hybridized carbons (Fsp3) is 0.385. The van der Waals surface area contributed by atoms with Gasteiger partial charge < -0.3 is 0 Å². The average Bonchev–Trinajstić information content (AvgIpc) is 2.18. The molecule has 0 nitrogen and oxygen atoms in total. The van der Waals surface area contributed by atoms with Crippen molar-refractivity contribution in [3.8, 4) is 0 Å². The van der Waals surface area contributed by atoms with Gasteiger partial charge in [-0.3, -0.25) is 0 Å². The number of benzene rings is 1. The Balaban J connectivity index is 2.43. The van der Waals surface area contributed by atoms with Crippen molar-refractivity contribution >= 4 is 11.6 Å². The van der Waals surface area contributed by atoms with E-state index in [0.29, 0.717) is 0 Å². The number of unbranched alkanes of at least 4 members (excludes halogenated alkanes) is 2. The number of aryl methyl sites for hydroxylation is 2. The largest absolute Gasteiger partial charge is 0.103 e. The second-order valence-corrected chi connectivity index (χ2v) is 4.03. The molecule has 0 aromatic heterocycles. The molecule has 0 N–H and O–H groups in total. The van der Waals surface area contributed by atoms with Crippen LogP contribution in [0.5, 0.6) is 0 Å². The highest BCUT2D eigenvalue weighted by atomic mass is 35.5. The highest BCUT2D eigenvalue weighted by Gasteiger charge is 1.97. The number of allylic oxidation sites excluding steroid dienone is 1. The van der Waals surface area contributed by atoms with E-state index in [1.807, 2.05) is 12.1 Å². The third-order valence-electron chi connectivity index (χ3n) is 2.35. The third-order valence-corrected chi connectivity index (χ3v) is 2.77. The Morgan fingerprint density at radius 1 is 1.36 bits per heavy atom. The lowest BCUT2D eigenvalue weighted by molar-refractivity contribution is 0.748. The van der Waals surface area contributed by atoms with Crippen molar-refractivity contribution < 1.29 is 0 Å². The molecular formula is C13H17Cl. The van der Waals surface area contributed by atoms with Crippen LogP contribution in [0.3, 0.4) is 0 Å². The van der Waals surface area contributed by atoms with Crippen LogP contribution in [0.2, 0.25) is 5.02 Å². The fourth-order valence-electron chi connectivity index (χ4n) is 1.48. The molecule has 0 unspecified atom stereocenters. The molecular weight excluding hydrogens is 192 g/mol. The first-order valence-electron chi connectivity index (χ1n) is 5.10. The van der Waals surface area contributed by atoms with Crippen LogP contribution >= 0.6 is 11.6 Å². The van der Waals surface area contributed by atoms with Gasteiger partial charge in [-0.15, -0.1) is 6.58 Å². The summed E-state index contributed by atoms with van der Waals surface area (Å²) in [5.41, 5.74) is 2.56. The van der Waals surface area contributed by atoms with E-state index in [1.54, 1.807) is 0 Å². The molecule has 0 saturated heterocycles. The van der Waals surface area contributed by atoms with Gasteiger partial charge in [-0.1, -0.05) is 29.8 Å². The second-order valence-electron chi connectivity index (χ2n) is 3.62. The number of hydrogen-bond donors (Lipinski definition) is 0. The summed E-state index contributed by atoms with van der Waals surface area (Å²) in [6.45, 7) is 5.76. The van der Waals surface area contributed by atoms with Crippen LogP contribution in [0.4, 0.5) is 0 Å². The van der Waals surface area contributed by atoms with Gasteiger partial charge in [0, 0.05) is 5.02 Å². The summed E-state index contributed by atoms with van der Waals surface area (Å²) in [5, 5.41) is 0.861. The number of halogens is 1. The molecule has 0 bridgehead atoms. The third kappa shape index (κ3) is 3.55. The van der Waals surface area contributed by atoms with E-state index in [2.05, 4.69) is 25.6 Å². The lowest BCUT2D eigenvalue weighted by Crippen LogP contribution is -1.87. The zero-order valence-electron chi connectivity index (χ0n) is 8.72. The summed E-state index contributed by atoms with van der Waals surface area (Å²) in [4.78, 5) is 0. The number of hydrogen-bond acceptors (Lipinski definition) is 0. The van der Waals surface area contributed by atoms with E-state index in [9.17, 15) is 0 Å². The molecule has 1 aromatic carbocycles. The number of rotatable bonds is 5. The quantitative estimate of drug-likeness (QED) is 0.492. The van der Waals surface area contributed by atoms with Crippen LogP contribution in [-0.2, 0) is 6.42 Å². The molecule has 0 spiro atoms. The van der Waals surface area contributed by atoms with E-state index in [4.69, 9.17) is 11.6 Å². The van der Waals surface area contributed by atoms with Gasteiger partial charge in [0.05, 0.1) is 0 Å². The van der Waals surface area contributed by atoms with Gasteiger partial charge in [0.25, 0.3) is 0 Å². The van der Waals surface area contributed by atoms with Crippen molar-refractivity contribution in [3.05, 3.63) is 47.0 Å². The van der Waals surface area contributed by atoms with Gasteiger partial charge in [-0.25, -0.2) is 0 Å². The summed E-state index contributed by atoms with van der Waals surface area (Å²) in [6.07, 6.45) is 6.70. The molecule has 0 saturated carbocycles. The van der Waals surface area contributed by atoms with Crippen LogP contribution in [-0.4, -0.2) is 0 Å². The topological polar surface area (TPSA) is 0 Å². The van der Waals surface area contributed by atoms with Crippen LogP contribution < -0.4 is 0 Å². The van der Waals surface area contributed by atoms with E-state index < -0.39 is 0 Å². The predicted molar refractivity (Wildman–Crippen MR) is 63.9 cm³/mol. The molecule has 0 fully saturated rings. The van der Waals surface area contributed by atoms with Crippen LogP contribution in [0.25, 0.3) is 0 Å². The minimum absolute atomic E-state index is 0.861. The summed E-state index contributed by atoms with van der Waals surface area (Å²) in [5.74, 6) is 0. The van der Waals surface area contributed by atoms with Gasteiger partial charge >= 0.3 is 0 Å². The highest BCUT2D eigenvalue weighted by molar-refractivity contribution is 6.31. The first-order chi connectivity index (χ1) is 6.74. The molecule has 1 rings (SSSR count). The maximum atomic E-state index is 5.95. The molecule has 0 radical (unpaired) electrons. The van der Waals surface area contributed by atoms with Crippen molar-refractivity contribution in [1.29, 1.82) is 0 Å². The Labute approximate surface area is 91.6 Å². The SMILES string of the molecule is C=CCCCCc1ccc(Cl)c(C)c1. The normalized spacial score (nSPS) is 10.1. The average molecular weight is 209 g/mol. The van der Waals surface area contributed by atoms with Crippen LogP contribution in [0.15, 0.2) is 30.9 Å². The summed E-state index contributed by atoms with van der Waals surface area (Å²) >= 11 is 5.95. The molecule has 1 heteroatoms.